The number of rotatable bonds is 2. The van der Waals surface area contributed by atoms with Gasteiger partial charge in [0.1, 0.15) is 11.2 Å². The molecular weight excluding hydrogens is 520 g/mol. The lowest BCUT2D eigenvalue weighted by Gasteiger charge is -2.19. The zero-order valence-corrected chi connectivity index (χ0v) is 23.3. The Labute approximate surface area is 247 Å². The number of fused-ring (bicyclic) bond motifs is 5. The highest BCUT2D eigenvalue weighted by Gasteiger charge is 2.21. The van der Waals surface area contributed by atoms with Crippen molar-refractivity contribution < 1.29 is 4.42 Å². The molecule has 0 saturated carbocycles. The van der Waals surface area contributed by atoms with Crippen molar-refractivity contribution in [3.05, 3.63) is 146 Å². The molecule has 0 aliphatic carbocycles. The van der Waals surface area contributed by atoms with Gasteiger partial charge in [-0.3, -0.25) is 0 Å². The Morgan fingerprint density at radius 2 is 0.907 bits per heavy atom. The Balaban J connectivity index is 1.32. The van der Waals surface area contributed by atoms with Gasteiger partial charge in [0.05, 0.1) is 0 Å². The van der Waals surface area contributed by atoms with E-state index in [0.29, 0.717) is 0 Å². The third-order valence-corrected chi connectivity index (χ3v) is 9.40. The van der Waals surface area contributed by atoms with Crippen LogP contribution in [0.25, 0.3) is 98.1 Å². The van der Waals surface area contributed by atoms with E-state index in [2.05, 4.69) is 146 Å². The summed E-state index contributed by atoms with van der Waals surface area (Å²) in [5, 5.41) is 15.0. The van der Waals surface area contributed by atoms with Crippen molar-refractivity contribution in [1.29, 1.82) is 0 Å². The zero-order valence-electron chi connectivity index (χ0n) is 23.3. The van der Waals surface area contributed by atoms with Crippen molar-refractivity contribution in [3.8, 4) is 22.3 Å². The number of benzene rings is 9. The largest absolute Gasteiger partial charge is 0.456 e. The second-order valence-electron chi connectivity index (χ2n) is 11.6. The average Bonchev–Trinajstić information content (AvgIpc) is 3.46. The van der Waals surface area contributed by atoms with Crippen molar-refractivity contribution in [2.24, 2.45) is 0 Å². The second-order valence-corrected chi connectivity index (χ2v) is 11.6. The maximum absolute atomic E-state index is 6.32. The minimum Gasteiger partial charge on any atom is -0.456 e. The van der Waals surface area contributed by atoms with Crippen LogP contribution in [0.3, 0.4) is 0 Å². The van der Waals surface area contributed by atoms with Crippen LogP contribution in [0.15, 0.2) is 150 Å². The van der Waals surface area contributed by atoms with E-state index in [1.807, 2.05) is 0 Å². The zero-order chi connectivity index (χ0) is 28.1. The van der Waals surface area contributed by atoms with Crippen molar-refractivity contribution in [2.75, 3.05) is 0 Å². The molecule has 0 atom stereocenters. The van der Waals surface area contributed by atoms with Gasteiger partial charge in [0.2, 0.25) is 0 Å². The minimum atomic E-state index is 0.944. The van der Waals surface area contributed by atoms with Crippen LogP contribution in [0.4, 0.5) is 0 Å². The molecule has 0 unspecified atom stereocenters. The number of furan rings is 1. The van der Waals surface area contributed by atoms with Crippen LogP contribution >= 0.6 is 0 Å². The molecule has 10 rings (SSSR count). The predicted molar refractivity (Wildman–Crippen MR) is 183 cm³/mol. The standard InChI is InChI=1S/C42H24O/c1-2-10-29-25(8-1)16-17-27-24-28(19-20-30(27)29)39-31-11-3-5-13-33(31)41(34-14-6-4-12-32(34)39)35-22-23-38-42-36(35)21-18-26-9-7-15-37(43-38)40(26)42/h1-24H. The molecule has 1 heteroatoms. The van der Waals surface area contributed by atoms with E-state index >= 15 is 0 Å². The third-order valence-electron chi connectivity index (χ3n) is 9.40. The fourth-order valence-electron chi connectivity index (χ4n) is 7.56. The highest BCUT2D eigenvalue weighted by Crippen LogP contribution is 2.48. The monoisotopic (exact) mass is 544 g/mol. The molecule has 0 N–H and O–H groups in total. The average molecular weight is 545 g/mol. The van der Waals surface area contributed by atoms with E-state index in [1.54, 1.807) is 0 Å². The molecule has 0 spiro atoms. The fourth-order valence-corrected chi connectivity index (χ4v) is 7.56. The minimum absolute atomic E-state index is 0.944. The van der Waals surface area contributed by atoms with Crippen LogP contribution < -0.4 is 0 Å². The van der Waals surface area contributed by atoms with E-state index in [1.165, 1.54) is 86.9 Å². The lowest BCUT2D eigenvalue weighted by atomic mass is 9.84. The van der Waals surface area contributed by atoms with E-state index in [9.17, 15) is 0 Å². The Morgan fingerprint density at radius 1 is 0.326 bits per heavy atom. The molecule has 0 bridgehead atoms. The summed E-state index contributed by atoms with van der Waals surface area (Å²) >= 11 is 0. The maximum Gasteiger partial charge on any atom is 0.136 e. The van der Waals surface area contributed by atoms with Gasteiger partial charge < -0.3 is 4.42 Å². The van der Waals surface area contributed by atoms with Gasteiger partial charge in [-0.2, -0.15) is 0 Å². The van der Waals surface area contributed by atoms with E-state index in [4.69, 9.17) is 4.42 Å². The first-order chi connectivity index (χ1) is 21.3. The van der Waals surface area contributed by atoms with E-state index in [-0.39, 0.29) is 0 Å². The highest BCUT2D eigenvalue weighted by molar-refractivity contribution is 6.29. The van der Waals surface area contributed by atoms with Crippen molar-refractivity contribution >= 4 is 75.8 Å². The lowest BCUT2D eigenvalue weighted by Crippen LogP contribution is -1.92. The van der Waals surface area contributed by atoms with Gasteiger partial charge in [-0.05, 0) is 100 Å². The van der Waals surface area contributed by atoms with Crippen molar-refractivity contribution in [3.63, 3.8) is 0 Å². The maximum atomic E-state index is 6.32. The van der Waals surface area contributed by atoms with Gasteiger partial charge in [0.15, 0.2) is 0 Å². The number of hydrogen-bond donors (Lipinski definition) is 0. The summed E-state index contributed by atoms with van der Waals surface area (Å²) in [5.74, 6) is 0. The van der Waals surface area contributed by atoms with Crippen LogP contribution in [-0.2, 0) is 0 Å². The van der Waals surface area contributed by atoms with E-state index < -0.39 is 0 Å². The van der Waals surface area contributed by atoms with Gasteiger partial charge in [0, 0.05) is 10.8 Å². The molecule has 1 heterocycles. The van der Waals surface area contributed by atoms with Gasteiger partial charge >= 0.3 is 0 Å². The first kappa shape index (κ1) is 23.0. The SMILES string of the molecule is c1ccc2c(c1)ccc1cc(-c3c4ccccc4c(-c4ccc5oc6cccc7ccc4c5c76)c4ccccc34)ccc12. The Bertz CT molecular complexity index is 2670. The van der Waals surface area contributed by atoms with Crippen LogP contribution in [0.2, 0.25) is 0 Å². The molecule has 10 aromatic rings. The van der Waals surface area contributed by atoms with Gasteiger partial charge in [-0.25, -0.2) is 0 Å². The van der Waals surface area contributed by atoms with E-state index in [0.717, 1.165) is 11.2 Å². The van der Waals surface area contributed by atoms with Crippen molar-refractivity contribution in [1.82, 2.24) is 0 Å². The molecule has 1 aromatic heterocycles. The molecule has 0 saturated heterocycles. The summed E-state index contributed by atoms with van der Waals surface area (Å²) in [7, 11) is 0. The molecule has 198 valence electrons. The first-order valence-corrected chi connectivity index (χ1v) is 14.9. The topological polar surface area (TPSA) is 13.1 Å². The van der Waals surface area contributed by atoms with Crippen LogP contribution in [0.1, 0.15) is 0 Å². The van der Waals surface area contributed by atoms with Gasteiger partial charge in [-0.15, -0.1) is 0 Å². The molecule has 1 nitrogen and oxygen atoms in total. The normalized spacial score (nSPS) is 12.2. The third kappa shape index (κ3) is 3.11. The summed E-state index contributed by atoms with van der Waals surface area (Å²) in [6, 6.07) is 53.2. The lowest BCUT2D eigenvalue weighted by molar-refractivity contribution is 0.669. The Morgan fingerprint density at radius 3 is 1.70 bits per heavy atom. The molecule has 0 amide bonds. The van der Waals surface area contributed by atoms with Crippen LogP contribution in [0, 0.1) is 0 Å². The molecule has 0 radical (unpaired) electrons. The molecule has 0 fully saturated rings. The second kappa shape index (κ2) is 8.44. The summed E-state index contributed by atoms with van der Waals surface area (Å²) in [4.78, 5) is 0. The van der Waals surface area contributed by atoms with Crippen molar-refractivity contribution in [2.45, 2.75) is 0 Å². The molecule has 9 aromatic carbocycles. The summed E-state index contributed by atoms with van der Waals surface area (Å²) < 4.78 is 6.32. The Kier molecular flexibility index (Phi) is 4.51. The van der Waals surface area contributed by atoms with Crippen LogP contribution in [0.5, 0.6) is 0 Å². The smallest absolute Gasteiger partial charge is 0.136 e. The summed E-state index contributed by atoms with van der Waals surface area (Å²) in [6.07, 6.45) is 0. The fraction of sp³-hybridized carbons (Fsp3) is 0. The Hall–Kier alpha value is -5.66. The molecule has 0 aliphatic heterocycles. The number of hydrogen-bond acceptors (Lipinski definition) is 1. The predicted octanol–water partition coefficient (Wildman–Crippen LogP) is 12.1. The van der Waals surface area contributed by atoms with Gasteiger partial charge in [-0.1, -0.05) is 121 Å². The highest BCUT2D eigenvalue weighted by atomic mass is 16.3. The quantitative estimate of drug-likeness (QED) is 0.156. The summed E-state index contributed by atoms with van der Waals surface area (Å²) in [6.45, 7) is 0. The molecular formula is C42H24O. The van der Waals surface area contributed by atoms with Crippen LogP contribution in [-0.4, -0.2) is 0 Å². The first-order valence-electron chi connectivity index (χ1n) is 14.9. The molecule has 43 heavy (non-hydrogen) atoms. The molecule has 0 aliphatic rings. The van der Waals surface area contributed by atoms with Gasteiger partial charge in [0.25, 0.3) is 0 Å². The summed E-state index contributed by atoms with van der Waals surface area (Å²) in [5.41, 5.74) is 6.93.